The molecule has 1 aliphatic rings. The minimum Gasteiger partial charge on any atom is -0.481 e. The molecule has 1 fully saturated rings. The maximum atomic E-state index is 12.4. The molecule has 1 aromatic heterocycles. The number of aliphatic carboxylic acids is 1. The third-order valence-corrected chi connectivity index (χ3v) is 6.45. The van der Waals surface area contributed by atoms with E-state index in [0.717, 1.165) is 19.3 Å². The number of nitrogens with one attached hydrogen (secondary N) is 2. The minimum absolute atomic E-state index is 0.00885. The number of aromatic nitrogens is 1. The summed E-state index contributed by atoms with van der Waals surface area (Å²) in [5.74, 6) is -0.798. The van der Waals surface area contributed by atoms with E-state index in [1.54, 1.807) is 6.92 Å². The van der Waals surface area contributed by atoms with Crippen LogP contribution in [0.5, 0.6) is 0 Å². The number of hydrogen-bond acceptors (Lipinski definition) is 6. The Bertz CT molecular complexity index is 991. The Balaban J connectivity index is 1.65. The van der Waals surface area contributed by atoms with Gasteiger partial charge in [-0.05, 0) is 44.0 Å². The lowest BCUT2D eigenvalue weighted by atomic mass is 9.71. The summed E-state index contributed by atoms with van der Waals surface area (Å²) in [5, 5.41) is 15.8. The number of carboxylic acids is 1. The number of sulfonamides is 1. The minimum atomic E-state index is -3.85. The van der Waals surface area contributed by atoms with Gasteiger partial charge in [-0.2, -0.15) is 0 Å². The van der Waals surface area contributed by atoms with Gasteiger partial charge in [0.15, 0.2) is 5.82 Å². The van der Waals surface area contributed by atoms with E-state index in [1.807, 2.05) is 0 Å². The Kier molecular flexibility index (Phi) is 5.92. The first kappa shape index (κ1) is 20.8. The number of carboxylic acid groups (broad SMARTS) is 1. The molecule has 1 aliphatic carbocycles. The molecular formula is C19H23N3O6S. The largest absolute Gasteiger partial charge is 0.481 e. The van der Waals surface area contributed by atoms with Crippen molar-refractivity contribution in [2.75, 3.05) is 10.0 Å². The summed E-state index contributed by atoms with van der Waals surface area (Å²) in [6.07, 6.45) is 3.44. The van der Waals surface area contributed by atoms with E-state index in [2.05, 4.69) is 15.2 Å². The average Bonchev–Trinajstić information content (AvgIpc) is 3.06. The average molecular weight is 421 g/mol. The fourth-order valence-corrected chi connectivity index (χ4v) is 4.52. The second-order valence-electron chi connectivity index (χ2n) is 7.32. The van der Waals surface area contributed by atoms with Crippen LogP contribution in [0, 0.1) is 12.3 Å². The molecule has 156 valence electrons. The molecule has 0 spiro atoms. The molecule has 0 aliphatic heterocycles. The molecule has 1 aromatic carbocycles. The Morgan fingerprint density at radius 3 is 2.38 bits per heavy atom. The highest BCUT2D eigenvalue weighted by atomic mass is 32.2. The molecule has 3 rings (SSSR count). The van der Waals surface area contributed by atoms with Crippen LogP contribution in [0.1, 0.15) is 44.3 Å². The Morgan fingerprint density at radius 2 is 1.83 bits per heavy atom. The fourth-order valence-electron chi connectivity index (χ4n) is 3.54. The van der Waals surface area contributed by atoms with E-state index < -0.39 is 27.3 Å². The van der Waals surface area contributed by atoms with Crippen LogP contribution in [0.25, 0.3) is 0 Å². The standard InChI is InChI=1S/C19H23N3O6S/c1-13-11-16(21-28-13)22-29(26,27)15-7-5-14(6-8-15)20-17(23)12-19(18(24)25)9-3-2-4-10-19/h5-8,11H,2-4,9-10,12H2,1H3,(H,20,23)(H,21,22)(H,24,25). The number of rotatable bonds is 7. The highest BCUT2D eigenvalue weighted by molar-refractivity contribution is 7.92. The number of aryl methyl sites for hydroxylation is 1. The normalized spacial score (nSPS) is 16.2. The molecule has 0 atom stereocenters. The van der Waals surface area contributed by atoms with Crippen molar-refractivity contribution < 1.29 is 27.6 Å². The number of nitrogens with zero attached hydrogens (tertiary/aromatic N) is 1. The summed E-state index contributed by atoms with van der Waals surface area (Å²) in [7, 11) is -3.85. The van der Waals surface area contributed by atoms with Crippen molar-refractivity contribution in [3.8, 4) is 0 Å². The summed E-state index contributed by atoms with van der Waals surface area (Å²) in [6, 6.07) is 7.05. The molecule has 1 amide bonds. The van der Waals surface area contributed by atoms with Crippen molar-refractivity contribution in [1.82, 2.24) is 5.16 Å². The van der Waals surface area contributed by atoms with Crippen molar-refractivity contribution in [3.05, 3.63) is 36.1 Å². The topological polar surface area (TPSA) is 139 Å². The van der Waals surface area contributed by atoms with Crippen molar-refractivity contribution in [3.63, 3.8) is 0 Å². The van der Waals surface area contributed by atoms with Gasteiger partial charge in [-0.3, -0.25) is 14.3 Å². The van der Waals surface area contributed by atoms with Crippen LogP contribution in [-0.2, 0) is 19.6 Å². The summed E-state index contributed by atoms with van der Waals surface area (Å²) in [4.78, 5) is 24.1. The summed E-state index contributed by atoms with van der Waals surface area (Å²) >= 11 is 0. The van der Waals surface area contributed by atoms with Gasteiger partial charge in [-0.25, -0.2) is 8.42 Å². The first-order valence-corrected chi connectivity index (χ1v) is 10.8. The number of carbonyl (C=O) groups is 2. The van der Waals surface area contributed by atoms with Crippen LogP contribution < -0.4 is 10.0 Å². The Hall–Kier alpha value is -2.88. The molecule has 0 bridgehead atoms. The van der Waals surface area contributed by atoms with Gasteiger partial charge in [0.2, 0.25) is 5.91 Å². The zero-order valence-corrected chi connectivity index (χ0v) is 16.8. The molecule has 2 aromatic rings. The van der Waals surface area contributed by atoms with E-state index in [1.165, 1.54) is 30.3 Å². The van der Waals surface area contributed by atoms with Crippen molar-refractivity contribution >= 4 is 33.4 Å². The first-order valence-electron chi connectivity index (χ1n) is 9.30. The molecule has 1 saturated carbocycles. The zero-order chi connectivity index (χ0) is 21.1. The summed E-state index contributed by atoms with van der Waals surface area (Å²) < 4.78 is 31.9. The molecule has 9 nitrogen and oxygen atoms in total. The van der Waals surface area contributed by atoms with E-state index in [0.29, 0.717) is 24.3 Å². The van der Waals surface area contributed by atoms with Crippen LogP contribution in [-0.4, -0.2) is 30.6 Å². The monoisotopic (exact) mass is 421 g/mol. The number of benzene rings is 1. The van der Waals surface area contributed by atoms with Gasteiger partial charge >= 0.3 is 5.97 Å². The molecule has 1 heterocycles. The molecule has 0 radical (unpaired) electrons. The van der Waals surface area contributed by atoms with Gasteiger partial charge in [0.25, 0.3) is 10.0 Å². The van der Waals surface area contributed by atoms with Crippen LogP contribution in [0.2, 0.25) is 0 Å². The molecular weight excluding hydrogens is 398 g/mol. The van der Waals surface area contributed by atoms with E-state index in [-0.39, 0.29) is 17.1 Å². The quantitative estimate of drug-likeness (QED) is 0.624. The first-order chi connectivity index (χ1) is 13.7. The van der Waals surface area contributed by atoms with Crippen LogP contribution in [0.15, 0.2) is 39.8 Å². The lowest BCUT2D eigenvalue weighted by Gasteiger charge is -2.32. The van der Waals surface area contributed by atoms with Crippen molar-refractivity contribution in [1.29, 1.82) is 0 Å². The van der Waals surface area contributed by atoms with Gasteiger partial charge in [0.1, 0.15) is 5.76 Å². The van der Waals surface area contributed by atoms with E-state index in [9.17, 15) is 23.1 Å². The summed E-state index contributed by atoms with van der Waals surface area (Å²) in [6.45, 7) is 1.64. The fraction of sp³-hybridized carbons (Fsp3) is 0.421. The molecule has 3 N–H and O–H groups in total. The van der Waals surface area contributed by atoms with Crippen LogP contribution in [0.3, 0.4) is 0 Å². The smallest absolute Gasteiger partial charge is 0.310 e. The molecule has 0 unspecified atom stereocenters. The van der Waals surface area contributed by atoms with E-state index in [4.69, 9.17) is 4.52 Å². The third kappa shape index (κ3) is 4.94. The van der Waals surface area contributed by atoms with Crippen LogP contribution in [0.4, 0.5) is 11.5 Å². The maximum absolute atomic E-state index is 12.4. The molecule has 10 heteroatoms. The van der Waals surface area contributed by atoms with Gasteiger partial charge in [0, 0.05) is 18.2 Å². The predicted octanol–water partition coefficient (Wildman–Crippen LogP) is 3.15. The zero-order valence-electron chi connectivity index (χ0n) is 16.0. The SMILES string of the molecule is Cc1cc(NS(=O)(=O)c2ccc(NC(=O)CC3(C(=O)O)CCCCC3)cc2)no1. The predicted molar refractivity (Wildman–Crippen MR) is 105 cm³/mol. The maximum Gasteiger partial charge on any atom is 0.310 e. The highest BCUT2D eigenvalue weighted by Crippen LogP contribution is 2.39. The van der Waals surface area contributed by atoms with Crippen molar-refractivity contribution in [2.45, 2.75) is 50.3 Å². The van der Waals surface area contributed by atoms with Gasteiger partial charge in [-0.1, -0.05) is 24.4 Å². The third-order valence-electron chi connectivity index (χ3n) is 5.08. The Labute approximate surface area is 168 Å². The number of amides is 1. The lowest BCUT2D eigenvalue weighted by Crippen LogP contribution is -2.37. The lowest BCUT2D eigenvalue weighted by molar-refractivity contribution is -0.153. The Morgan fingerprint density at radius 1 is 1.17 bits per heavy atom. The van der Waals surface area contributed by atoms with Crippen molar-refractivity contribution in [2.24, 2.45) is 5.41 Å². The van der Waals surface area contributed by atoms with Crippen LogP contribution >= 0.6 is 0 Å². The molecule has 0 saturated heterocycles. The second-order valence-corrected chi connectivity index (χ2v) is 9.01. The molecule has 29 heavy (non-hydrogen) atoms. The number of hydrogen-bond donors (Lipinski definition) is 3. The highest BCUT2D eigenvalue weighted by Gasteiger charge is 2.41. The number of carbonyl (C=O) groups excluding carboxylic acids is 1. The second kappa shape index (κ2) is 8.24. The van der Waals surface area contributed by atoms with Gasteiger partial charge in [-0.15, -0.1) is 0 Å². The van der Waals surface area contributed by atoms with E-state index >= 15 is 0 Å². The number of anilines is 2. The summed E-state index contributed by atoms with van der Waals surface area (Å²) in [5.41, 5.74) is -0.631. The van der Waals surface area contributed by atoms with Gasteiger partial charge in [0.05, 0.1) is 10.3 Å². The van der Waals surface area contributed by atoms with Gasteiger partial charge < -0.3 is 14.9 Å².